The maximum absolute atomic E-state index is 13.4. The van der Waals surface area contributed by atoms with E-state index in [1.807, 2.05) is 0 Å². The Hall–Kier alpha value is -1.23. The fraction of sp³-hybridized carbons (Fsp3) is 0.400. The summed E-state index contributed by atoms with van der Waals surface area (Å²) >= 11 is 0. The van der Waals surface area contributed by atoms with E-state index in [4.69, 9.17) is 10.5 Å². The van der Waals surface area contributed by atoms with Gasteiger partial charge in [0.1, 0.15) is 11.9 Å². The topological polar surface area (TPSA) is 35.2 Å². The molecular weight excluding hydrogens is 207 g/mol. The zero-order valence-electron chi connectivity index (χ0n) is 8.27. The Morgan fingerprint density at radius 1 is 1.33 bits per heavy atom. The van der Waals surface area contributed by atoms with Crippen molar-refractivity contribution in [3.63, 3.8) is 0 Å². The number of hydrogen-bond donors (Lipinski definition) is 1. The third-order valence-electron chi connectivity index (χ3n) is 2.03. The fourth-order valence-corrected chi connectivity index (χ4v) is 1.27. The summed E-state index contributed by atoms with van der Waals surface area (Å²) in [6, 6.07) is 1.63. The summed E-state index contributed by atoms with van der Waals surface area (Å²) < 4.78 is 43.9. The van der Waals surface area contributed by atoms with Gasteiger partial charge in [-0.15, -0.1) is 0 Å². The van der Waals surface area contributed by atoms with Crippen LogP contribution in [0.5, 0.6) is 5.75 Å². The minimum atomic E-state index is -1.44. The normalized spacial score (nSPS) is 12.6. The van der Waals surface area contributed by atoms with Gasteiger partial charge < -0.3 is 10.5 Å². The summed E-state index contributed by atoms with van der Waals surface area (Å²) in [5.74, 6) is -2.16. The monoisotopic (exact) mass is 219 g/mol. The Kier molecular flexibility index (Phi) is 3.96. The van der Waals surface area contributed by atoms with Gasteiger partial charge >= 0.3 is 0 Å². The first-order valence-electron chi connectivity index (χ1n) is 4.47. The van der Waals surface area contributed by atoms with Crippen molar-refractivity contribution in [2.24, 2.45) is 5.73 Å². The smallest absolute Gasteiger partial charge is 0.162 e. The molecule has 2 nitrogen and oxygen atoms in total. The second kappa shape index (κ2) is 5.02. The first kappa shape index (κ1) is 11.8. The molecule has 2 N–H and O–H groups in total. The van der Waals surface area contributed by atoms with Crippen molar-refractivity contribution in [2.45, 2.75) is 12.6 Å². The number of nitrogens with two attached hydrogens (primary N) is 1. The van der Waals surface area contributed by atoms with Crippen molar-refractivity contribution in [2.75, 3.05) is 13.7 Å². The van der Waals surface area contributed by atoms with Gasteiger partial charge in [-0.3, -0.25) is 0 Å². The number of rotatable bonds is 4. The van der Waals surface area contributed by atoms with E-state index in [1.54, 1.807) is 0 Å². The van der Waals surface area contributed by atoms with Crippen LogP contribution in [0, 0.1) is 11.6 Å². The molecule has 0 aromatic heterocycles. The zero-order chi connectivity index (χ0) is 11.4. The van der Waals surface area contributed by atoms with Gasteiger partial charge in [-0.05, 0) is 19.0 Å². The highest BCUT2D eigenvalue weighted by Crippen LogP contribution is 2.31. The summed E-state index contributed by atoms with van der Waals surface area (Å²) in [5.41, 5.74) is 5.17. The minimum Gasteiger partial charge on any atom is -0.496 e. The van der Waals surface area contributed by atoms with Gasteiger partial charge in [0.15, 0.2) is 11.6 Å². The summed E-state index contributed by atoms with van der Waals surface area (Å²) in [5, 5.41) is 0. The molecule has 5 heteroatoms. The number of benzene rings is 1. The Bertz CT molecular complexity index is 344. The van der Waals surface area contributed by atoms with Crippen LogP contribution in [0.4, 0.5) is 13.2 Å². The quantitative estimate of drug-likeness (QED) is 0.843. The molecule has 0 spiro atoms. The average Bonchev–Trinajstić information content (AvgIpc) is 2.21. The molecule has 1 atom stereocenters. The van der Waals surface area contributed by atoms with Crippen LogP contribution in [-0.4, -0.2) is 13.7 Å². The van der Waals surface area contributed by atoms with E-state index in [0.29, 0.717) is 0 Å². The number of hydrogen-bond acceptors (Lipinski definition) is 2. The summed E-state index contributed by atoms with van der Waals surface area (Å²) in [6.45, 7) is 0.128. The third kappa shape index (κ3) is 2.62. The Morgan fingerprint density at radius 2 is 1.93 bits per heavy atom. The molecule has 0 radical (unpaired) electrons. The van der Waals surface area contributed by atoms with Crippen molar-refractivity contribution < 1.29 is 17.9 Å². The molecule has 0 heterocycles. The van der Waals surface area contributed by atoms with E-state index in [2.05, 4.69) is 0 Å². The first-order valence-corrected chi connectivity index (χ1v) is 4.47. The molecule has 0 bridgehead atoms. The van der Waals surface area contributed by atoms with Crippen LogP contribution in [0.15, 0.2) is 12.1 Å². The standard InChI is InChI=1S/C10H12F3NO/c1-15-10-5-9(13)8(12)4-6(10)7(11)2-3-14/h4-5,7H,2-3,14H2,1H3. The van der Waals surface area contributed by atoms with Crippen LogP contribution in [0.2, 0.25) is 0 Å². The van der Waals surface area contributed by atoms with Crippen LogP contribution in [-0.2, 0) is 0 Å². The van der Waals surface area contributed by atoms with Crippen molar-refractivity contribution >= 4 is 0 Å². The summed E-state index contributed by atoms with van der Waals surface area (Å²) in [4.78, 5) is 0. The Morgan fingerprint density at radius 3 is 2.47 bits per heavy atom. The van der Waals surface area contributed by atoms with Crippen molar-refractivity contribution in [1.82, 2.24) is 0 Å². The maximum atomic E-state index is 13.4. The maximum Gasteiger partial charge on any atom is 0.162 e. The fourth-order valence-electron chi connectivity index (χ4n) is 1.27. The van der Waals surface area contributed by atoms with Crippen LogP contribution in [0.3, 0.4) is 0 Å². The lowest BCUT2D eigenvalue weighted by molar-refractivity contribution is 0.308. The highest BCUT2D eigenvalue weighted by molar-refractivity contribution is 5.36. The SMILES string of the molecule is COc1cc(F)c(F)cc1C(F)CCN. The molecular formula is C10H12F3NO. The van der Waals surface area contributed by atoms with Gasteiger partial charge in [-0.2, -0.15) is 0 Å². The number of ether oxygens (including phenoxy) is 1. The van der Waals surface area contributed by atoms with E-state index in [1.165, 1.54) is 7.11 Å². The van der Waals surface area contributed by atoms with Crippen LogP contribution >= 0.6 is 0 Å². The number of alkyl halides is 1. The third-order valence-corrected chi connectivity index (χ3v) is 2.03. The highest BCUT2D eigenvalue weighted by atomic mass is 19.2. The molecule has 0 saturated carbocycles. The van der Waals surface area contributed by atoms with Crippen LogP contribution in [0.25, 0.3) is 0 Å². The first-order chi connectivity index (χ1) is 7.10. The van der Waals surface area contributed by atoms with Crippen LogP contribution in [0.1, 0.15) is 18.2 Å². The number of halogens is 3. The van der Waals surface area contributed by atoms with Crippen molar-refractivity contribution in [3.8, 4) is 5.75 Å². The lowest BCUT2D eigenvalue weighted by atomic mass is 10.1. The molecule has 1 aromatic rings. The van der Waals surface area contributed by atoms with E-state index in [-0.39, 0.29) is 24.3 Å². The Balaban J connectivity index is 3.09. The van der Waals surface area contributed by atoms with E-state index in [9.17, 15) is 13.2 Å². The van der Waals surface area contributed by atoms with Crippen molar-refractivity contribution in [3.05, 3.63) is 29.3 Å². The molecule has 0 aliphatic heterocycles. The molecule has 0 aliphatic rings. The molecule has 0 saturated heterocycles. The van der Waals surface area contributed by atoms with Gasteiger partial charge in [0, 0.05) is 11.6 Å². The average molecular weight is 219 g/mol. The van der Waals surface area contributed by atoms with E-state index >= 15 is 0 Å². The number of methoxy groups -OCH3 is 1. The van der Waals surface area contributed by atoms with E-state index in [0.717, 1.165) is 12.1 Å². The second-order valence-corrected chi connectivity index (χ2v) is 3.05. The molecule has 0 amide bonds. The second-order valence-electron chi connectivity index (χ2n) is 3.05. The summed E-state index contributed by atoms with van der Waals surface area (Å²) in [6.07, 6.45) is -1.40. The molecule has 0 aliphatic carbocycles. The molecule has 15 heavy (non-hydrogen) atoms. The van der Waals surface area contributed by atoms with Gasteiger partial charge in [-0.25, -0.2) is 13.2 Å². The molecule has 1 aromatic carbocycles. The lowest BCUT2D eigenvalue weighted by Gasteiger charge is -2.12. The zero-order valence-corrected chi connectivity index (χ0v) is 8.27. The van der Waals surface area contributed by atoms with Crippen molar-refractivity contribution in [1.29, 1.82) is 0 Å². The molecule has 1 unspecified atom stereocenters. The molecule has 84 valence electrons. The molecule has 1 rings (SSSR count). The van der Waals surface area contributed by atoms with Gasteiger partial charge in [0.2, 0.25) is 0 Å². The highest BCUT2D eigenvalue weighted by Gasteiger charge is 2.18. The Labute approximate surface area is 85.8 Å². The summed E-state index contributed by atoms with van der Waals surface area (Å²) in [7, 11) is 1.27. The lowest BCUT2D eigenvalue weighted by Crippen LogP contribution is -2.06. The largest absolute Gasteiger partial charge is 0.496 e. The van der Waals surface area contributed by atoms with Gasteiger partial charge in [0.25, 0.3) is 0 Å². The minimum absolute atomic E-state index is 0.00477. The van der Waals surface area contributed by atoms with Gasteiger partial charge in [0.05, 0.1) is 7.11 Å². The molecule has 0 fully saturated rings. The predicted octanol–water partition coefficient (Wildman–Crippen LogP) is 2.33. The van der Waals surface area contributed by atoms with E-state index < -0.39 is 17.8 Å². The predicted molar refractivity (Wildman–Crippen MR) is 50.4 cm³/mol. The van der Waals surface area contributed by atoms with Gasteiger partial charge in [-0.1, -0.05) is 0 Å². The van der Waals surface area contributed by atoms with Crippen LogP contribution < -0.4 is 10.5 Å².